The monoisotopic (exact) mass is 479 g/mol. The van der Waals surface area contributed by atoms with E-state index >= 15 is 0 Å². The molecule has 4 heterocycles. The minimum absolute atomic E-state index is 0.201. The number of hydrogen-bond acceptors (Lipinski definition) is 8. The van der Waals surface area contributed by atoms with Crippen molar-refractivity contribution in [3.05, 3.63) is 64.9 Å². The van der Waals surface area contributed by atoms with Crippen LogP contribution in [0.15, 0.2) is 47.4 Å². The standard InChI is InChI=1S/C23H22ClN7O3/c1-3-33-21-15(6-4-8-25-21)20-28-22(34-29-20)18-7-5-11-30(18)23(32)16-13-17(24)14(2)12-19(16)31-26-9-10-27-31/h4,6,8-10,12-13,18H,3,5,7,11H2,1-2H3. The van der Waals surface area contributed by atoms with E-state index in [0.29, 0.717) is 59.0 Å². The zero-order valence-electron chi connectivity index (χ0n) is 18.7. The molecule has 1 amide bonds. The fourth-order valence-electron chi connectivity index (χ4n) is 4.06. The molecule has 1 aromatic carbocycles. The first-order valence-corrected chi connectivity index (χ1v) is 11.3. The molecule has 1 atom stereocenters. The number of pyridine rings is 1. The van der Waals surface area contributed by atoms with Crippen LogP contribution in [0.4, 0.5) is 0 Å². The average Bonchev–Trinajstić information content (AvgIpc) is 3.61. The molecule has 1 aliphatic rings. The lowest BCUT2D eigenvalue weighted by Gasteiger charge is -2.23. The molecule has 0 N–H and O–H groups in total. The van der Waals surface area contributed by atoms with Gasteiger partial charge in [0.2, 0.25) is 17.6 Å². The molecule has 0 saturated carbocycles. The molecule has 1 saturated heterocycles. The van der Waals surface area contributed by atoms with Gasteiger partial charge in [-0.15, -0.1) is 0 Å². The zero-order chi connectivity index (χ0) is 23.7. The second kappa shape index (κ2) is 9.22. The van der Waals surface area contributed by atoms with Gasteiger partial charge in [0.1, 0.15) is 6.04 Å². The van der Waals surface area contributed by atoms with Crippen LogP contribution >= 0.6 is 11.6 Å². The summed E-state index contributed by atoms with van der Waals surface area (Å²) >= 11 is 6.38. The molecule has 11 heteroatoms. The summed E-state index contributed by atoms with van der Waals surface area (Å²) in [4.78, 5) is 25.7. The third kappa shape index (κ3) is 4.01. The van der Waals surface area contributed by atoms with Crippen molar-refractivity contribution in [3.8, 4) is 23.0 Å². The number of halogens is 1. The van der Waals surface area contributed by atoms with Gasteiger partial charge in [-0.1, -0.05) is 16.8 Å². The number of likely N-dealkylation sites (tertiary alicyclic amines) is 1. The molecule has 1 fully saturated rings. The molecule has 4 aromatic rings. The van der Waals surface area contributed by atoms with E-state index in [1.165, 1.54) is 4.80 Å². The van der Waals surface area contributed by atoms with Crippen molar-refractivity contribution in [2.75, 3.05) is 13.2 Å². The number of carbonyl (C=O) groups is 1. The molecule has 1 aliphatic heterocycles. The van der Waals surface area contributed by atoms with Gasteiger partial charge < -0.3 is 14.2 Å². The summed E-state index contributed by atoms with van der Waals surface area (Å²) in [5, 5.41) is 13.0. The Morgan fingerprint density at radius 3 is 2.88 bits per heavy atom. The summed E-state index contributed by atoms with van der Waals surface area (Å²) in [7, 11) is 0. The molecule has 0 spiro atoms. The van der Waals surface area contributed by atoms with E-state index < -0.39 is 0 Å². The molecule has 0 bridgehead atoms. The Morgan fingerprint density at radius 2 is 2.09 bits per heavy atom. The predicted octanol–water partition coefficient (Wildman–Crippen LogP) is 4.05. The van der Waals surface area contributed by atoms with E-state index in [0.717, 1.165) is 12.0 Å². The van der Waals surface area contributed by atoms with Crippen LogP contribution in [0.1, 0.15) is 47.6 Å². The molecule has 174 valence electrons. The maximum absolute atomic E-state index is 13.7. The number of benzene rings is 1. The Hall–Kier alpha value is -3.79. The predicted molar refractivity (Wildman–Crippen MR) is 123 cm³/mol. The smallest absolute Gasteiger partial charge is 0.256 e. The largest absolute Gasteiger partial charge is 0.477 e. The fraction of sp³-hybridized carbons (Fsp3) is 0.304. The van der Waals surface area contributed by atoms with Gasteiger partial charge in [-0.2, -0.15) is 20.0 Å². The van der Waals surface area contributed by atoms with Crippen LogP contribution in [0.3, 0.4) is 0 Å². The molecule has 3 aromatic heterocycles. The lowest BCUT2D eigenvalue weighted by atomic mass is 10.1. The highest BCUT2D eigenvalue weighted by Crippen LogP contribution is 2.35. The first-order chi connectivity index (χ1) is 16.6. The Morgan fingerprint density at radius 1 is 1.26 bits per heavy atom. The highest BCUT2D eigenvalue weighted by molar-refractivity contribution is 6.31. The van der Waals surface area contributed by atoms with Gasteiger partial charge in [0.15, 0.2) is 0 Å². The summed E-state index contributed by atoms with van der Waals surface area (Å²) in [5.41, 5.74) is 2.43. The van der Waals surface area contributed by atoms with Gasteiger partial charge in [-0.3, -0.25) is 4.79 Å². The first-order valence-electron chi connectivity index (χ1n) is 11.0. The first kappa shape index (κ1) is 22.0. The van der Waals surface area contributed by atoms with E-state index in [1.54, 1.807) is 35.6 Å². The van der Waals surface area contributed by atoms with Crippen LogP contribution in [0, 0.1) is 6.92 Å². The number of hydrogen-bond donors (Lipinski definition) is 0. The third-order valence-corrected chi connectivity index (χ3v) is 6.08. The Kier molecular flexibility index (Phi) is 5.97. The Labute approximate surface area is 200 Å². The third-order valence-electron chi connectivity index (χ3n) is 5.68. The molecule has 0 radical (unpaired) electrons. The molecule has 0 aliphatic carbocycles. The number of carbonyl (C=O) groups excluding carboxylic acids is 1. The number of nitrogens with zero attached hydrogens (tertiary/aromatic N) is 7. The van der Waals surface area contributed by atoms with Gasteiger partial charge in [0.25, 0.3) is 5.91 Å². The number of amides is 1. The molecule has 1 unspecified atom stereocenters. The number of aromatic nitrogens is 6. The van der Waals surface area contributed by atoms with E-state index in [4.69, 9.17) is 20.9 Å². The van der Waals surface area contributed by atoms with Crippen LogP contribution in [0.5, 0.6) is 5.88 Å². The van der Waals surface area contributed by atoms with Crippen LogP contribution in [-0.4, -0.2) is 54.1 Å². The second-order valence-electron chi connectivity index (χ2n) is 7.84. The highest BCUT2D eigenvalue weighted by Gasteiger charge is 2.36. The van der Waals surface area contributed by atoms with Crippen molar-refractivity contribution in [1.82, 2.24) is 35.0 Å². The minimum Gasteiger partial charge on any atom is -0.477 e. The van der Waals surface area contributed by atoms with Crippen LogP contribution in [-0.2, 0) is 0 Å². The van der Waals surface area contributed by atoms with Crippen molar-refractivity contribution in [1.29, 1.82) is 0 Å². The van der Waals surface area contributed by atoms with Crippen molar-refractivity contribution in [2.45, 2.75) is 32.7 Å². The maximum Gasteiger partial charge on any atom is 0.256 e. The van der Waals surface area contributed by atoms with E-state index in [2.05, 4.69) is 25.3 Å². The van der Waals surface area contributed by atoms with E-state index in [9.17, 15) is 4.79 Å². The number of rotatable bonds is 6. The fourth-order valence-corrected chi connectivity index (χ4v) is 4.22. The van der Waals surface area contributed by atoms with Crippen molar-refractivity contribution < 1.29 is 14.1 Å². The van der Waals surface area contributed by atoms with Gasteiger partial charge in [-0.05, 0) is 56.5 Å². The van der Waals surface area contributed by atoms with Crippen molar-refractivity contribution >= 4 is 17.5 Å². The Bertz CT molecular complexity index is 1320. The summed E-state index contributed by atoms with van der Waals surface area (Å²) in [6.45, 7) is 4.77. The minimum atomic E-state index is -0.362. The van der Waals surface area contributed by atoms with Gasteiger partial charge in [-0.25, -0.2) is 4.98 Å². The quantitative estimate of drug-likeness (QED) is 0.407. The highest BCUT2D eigenvalue weighted by atomic mass is 35.5. The molecule has 5 rings (SSSR count). The SMILES string of the molecule is CCOc1ncccc1-c1noc(C2CCCN2C(=O)c2cc(Cl)c(C)cc2-n2nccn2)n1. The van der Waals surface area contributed by atoms with E-state index in [1.807, 2.05) is 26.0 Å². The van der Waals surface area contributed by atoms with Crippen molar-refractivity contribution in [2.24, 2.45) is 0 Å². The van der Waals surface area contributed by atoms with Crippen molar-refractivity contribution in [3.63, 3.8) is 0 Å². The second-order valence-corrected chi connectivity index (χ2v) is 8.25. The summed E-state index contributed by atoms with van der Waals surface area (Å²) in [5.74, 6) is 0.963. The lowest BCUT2D eigenvalue weighted by Crippen LogP contribution is -2.31. The van der Waals surface area contributed by atoms with Gasteiger partial charge in [0, 0.05) is 17.8 Å². The molecule has 10 nitrogen and oxygen atoms in total. The summed E-state index contributed by atoms with van der Waals surface area (Å²) in [6.07, 6.45) is 6.27. The summed E-state index contributed by atoms with van der Waals surface area (Å²) in [6, 6.07) is 6.71. The summed E-state index contributed by atoms with van der Waals surface area (Å²) < 4.78 is 11.2. The zero-order valence-corrected chi connectivity index (χ0v) is 19.4. The van der Waals surface area contributed by atoms with Crippen LogP contribution in [0.25, 0.3) is 17.1 Å². The normalized spacial score (nSPS) is 15.6. The maximum atomic E-state index is 13.7. The lowest BCUT2D eigenvalue weighted by molar-refractivity contribution is 0.0709. The number of aryl methyl sites for hydroxylation is 1. The van der Waals surface area contributed by atoms with Crippen LogP contribution in [0.2, 0.25) is 5.02 Å². The topological polar surface area (TPSA) is 112 Å². The van der Waals surface area contributed by atoms with Gasteiger partial charge in [0.05, 0.1) is 35.8 Å². The van der Waals surface area contributed by atoms with Gasteiger partial charge >= 0.3 is 0 Å². The Balaban J connectivity index is 1.48. The molecular weight excluding hydrogens is 458 g/mol. The average molecular weight is 480 g/mol. The number of ether oxygens (including phenoxy) is 1. The molecular formula is C23H22ClN7O3. The van der Waals surface area contributed by atoms with Crippen LogP contribution < -0.4 is 4.74 Å². The molecule has 34 heavy (non-hydrogen) atoms. The van der Waals surface area contributed by atoms with E-state index in [-0.39, 0.29) is 11.9 Å².